The monoisotopic (exact) mass is 461 g/mol. The van der Waals surface area contributed by atoms with Crippen LogP contribution < -0.4 is 5.32 Å². The Balaban J connectivity index is 1.43. The van der Waals surface area contributed by atoms with Gasteiger partial charge in [-0.25, -0.2) is 9.97 Å². The van der Waals surface area contributed by atoms with Crippen molar-refractivity contribution < 1.29 is 14.0 Å². The van der Waals surface area contributed by atoms with Crippen LogP contribution in [-0.4, -0.2) is 44.3 Å². The summed E-state index contributed by atoms with van der Waals surface area (Å²) in [5, 5.41) is 3.02. The van der Waals surface area contributed by atoms with Gasteiger partial charge in [0, 0.05) is 19.1 Å². The van der Waals surface area contributed by atoms with E-state index < -0.39 is 0 Å². The average molecular weight is 462 g/mol. The van der Waals surface area contributed by atoms with Crippen LogP contribution in [0.5, 0.6) is 0 Å². The molecular weight excluding hydrogens is 438 g/mol. The highest BCUT2D eigenvalue weighted by atomic mass is 32.1. The number of amides is 2. The summed E-state index contributed by atoms with van der Waals surface area (Å²) < 4.78 is 7.44. The Kier molecular flexibility index (Phi) is 5.78. The first-order valence-electron chi connectivity index (χ1n) is 10.8. The molecule has 3 aromatic heterocycles. The second-order valence-corrected chi connectivity index (χ2v) is 8.98. The number of nitrogens with one attached hydrogen (secondary N) is 1. The molecule has 1 saturated heterocycles. The summed E-state index contributed by atoms with van der Waals surface area (Å²) in [6.07, 6.45) is 6.89. The summed E-state index contributed by atoms with van der Waals surface area (Å²) >= 11 is 1.34. The molecule has 0 unspecified atom stereocenters. The molecule has 1 aromatic carbocycles. The van der Waals surface area contributed by atoms with Crippen molar-refractivity contribution in [1.82, 2.24) is 19.4 Å². The molecule has 1 N–H and O–H groups in total. The van der Waals surface area contributed by atoms with Crippen molar-refractivity contribution in [2.75, 3.05) is 18.4 Å². The zero-order valence-electron chi connectivity index (χ0n) is 17.9. The molecular formula is C24H23N5O3S. The van der Waals surface area contributed by atoms with Crippen LogP contribution in [0.2, 0.25) is 0 Å². The number of benzene rings is 1. The largest absolute Gasteiger partial charge is 0.443 e. The SMILES string of the molecule is C=CC(=O)N1CCC[C@@H](n2c(NC(=O)c3ccc(-c4cnco4)s3)nc3ccccc32)CC1. The van der Waals surface area contributed by atoms with Crippen molar-refractivity contribution in [2.45, 2.75) is 25.3 Å². The van der Waals surface area contributed by atoms with Gasteiger partial charge in [-0.1, -0.05) is 18.7 Å². The number of carbonyl (C=O) groups is 2. The van der Waals surface area contributed by atoms with E-state index in [9.17, 15) is 9.59 Å². The molecule has 1 atom stereocenters. The van der Waals surface area contributed by atoms with Crippen molar-refractivity contribution >= 4 is 40.1 Å². The number of hydrogen-bond acceptors (Lipinski definition) is 6. The highest BCUT2D eigenvalue weighted by molar-refractivity contribution is 7.17. The van der Waals surface area contributed by atoms with Crippen LogP contribution in [0, 0.1) is 0 Å². The number of likely N-dealkylation sites (tertiary alicyclic amines) is 1. The molecule has 1 aliphatic heterocycles. The van der Waals surface area contributed by atoms with Gasteiger partial charge in [0.15, 0.2) is 12.2 Å². The van der Waals surface area contributed by atoms with E-state index in [1.165, 1.54) is 23.8 Å². The third-order valence-corrected chi connectivity index (χ3v) is 6.97. The van der Waals surface area contributed by atoms with E-state index in [1.807, 2.05) is 35.2 Å². The molecule has 33 heavy (non-hydrogen) atoms. The quantitative estimate of drug-likeness (QED) is 0.433. The third-order valence-electron chi connectivity index (χ3n) is 5.88. The first kappa shape index (κ1) is 21.1. The van der Waals surface area contributed by atoms with Crippen molar-refractivity contribution in [1.29, 1.82) is 0 Å². The van der Waals surface area contributed by atoms with Gasteiger partial charge >= 0.3 is 0 Å². The van der Waals surface area contributed by atoms with Crippen LogP contribution in [0.15, 0.2) is 66.1 Å². The van der Waals surface area contributed by atoms with Gasteiger partial charge in [-0.2, -0.15) is 0 Å². The number of para-hydroxylation sites is 2. The lowest BCUT2D eigenvalue weighted by molar-refractivity contribution is -0.125. The molecule has 5 rings (SSSR count). The van der Waals surface area contributed by atoms with Crippen LogP contribution >= 0.6 is 11.3 Å². The van der Waals surface area contributed by atoms with Crippen LogP contribution in [0.1, 0.15) is 35.0 Å². The Morgan fingerprint density at radius 3 is 2.88 bits per heavy atom. The number of oxazole rings is 1. The maximum absolute atomic E-state index is 13.1. The molecule has 4 aromatic rings. The zero-order chi connectivity index (χ0) is 22.8. The Bertz CT molecular complexity index is 1310. The molecule has 4 heterocycles. The first-order valence-corrected chi connectivity index (χ1v) is 11.6. The molecule has 1 aliphatic rings. The predicted octanol–water partition coefficient (Wildman–Crippen LogP) is 4.74. The van der Waals surface area contributed by atoms with Crippen molar-refractivity contribution in [3.05, 3.63) is 66.5 Å². The topological polar surface area (TPSA) is 93.3 Å². The van der Waals surface area contributed by atoms with Crippen LogP contribution in [-0.2, 0) is 4.79 Å². The summed E-state index contributed by atoms with van der Waals surface area (Å²) in [5.41, 5.74) is 1.79. The van der Waals surface area contributed by atoms with Gasteiger partial charge in [0.1, 0.15) is 0 Å². The van der Waals surface area contributed by atoms with Gasteiger partial charge in [0.25, 0.3) is 5.91 Å². The molecule has 0 bridgehead atoms. The number of fused-ring (bicyclic) bond motifs is 1. The molecule has 0 spiro atoms. The summed E-state index contributed by atoms with van der Waals surface area (Å²) in [6.45, 7) is 4.95. The van der Waals surface area contributed by atoms with Gasteiger partial charge < -0.3 is 13.9 Å². The molecule has 1 fully saturated rings. The highest BCUT2D eigenvalue weighted by Gasteiger charge is 2.25. The lowest BCUT2D eigenvalue weighted by Gasteiger charge is -2.21. The first-order chi connectivity index (χ1) is 16.1. The zero-order valence-corrected chi connectivity index (χ0v) is 18.8. The van der Waals surface area contributed by atoms with Crippen molar-refractivity contribution in [2.24, 2.45) is 0 Å². The molecule has 0 radical (unpaired) electrons. The lowest BCUT2D eigenvalue weighted by atomic mass is 10.1. The molecule has 168 valence electrons. The number of nitrogens with zero attached hydrogens (tertiary/aromatic N) is 4. The minimum atomic E-state index is -0.223. The lowest BCUT2D eigenvalue weighted by Crippen LogP contribution is -2.30. The summed E-state index contributed by atoms with van der Waals surface area (Å²) in [6, 6.07) is 11.6. The number of hydrogen-bond donors (Lipinski definition) is 1. The Labute approximate surface area is 194 Å². The molecule has 9 heteroatoms. The van der Waals surface area contributed by atoms with Crippen molar-refractivity contribution in [3.8, 4) is 10.6 Å². The third kappa shape index (κ3) is 4.19. The second-order valence-electron chi connectivity index (χ2n) is 7.89. The van der Waals surface area contributed by atoms with Crippen molar-refractivity contribution in [3.63, 3.8) is 0 Å². The fraction of sp³-hybridized carbons (Fsp3) is 0.250. The predicted molar refractivity (Wildman–Crippen MR) is 127 cm³/mol. The highest BCUT2D eigenvalue weighted by Crippen LogP contribution is 2.32. The van der Waals surface area contributed by atoms with Gasteiger partial charge in [-0.05, 0) is 49.6 Å². The van der Waals surface area contributed by atoms with E-state index in [-0.39, 0.29) is 17.9 Å². The minimum absolute atomic E-state index is 0.0417. The Morgan fingerprint density at radius 1 is 1.18 bits per heavy atom. The fourth-order valence-corrected chi connectivity index (χ4v) is 5.14. The maximum atomic E-state index is 13.1. The fourth-order valence-electron chi connectivity index (χ4n) is 4.28. The second kappa shape index (κ2) is 9.03. The summed E-state index contributed by atoms with van der Waals surface area (Å²) in [5.74, 6) is 0.881. The van der Waals surface area contributed by atoms with Gasteiger partial charge in [0.2, 0.25) is 11.9 Å². The van der Waals surface area contributed by atoms with E-state index in [2.05, 4.69) is 21.4 Å². The van der Waals surface area contributed by atoms with Crippen LogP contribution in [0.4, 0.5) is 5.95 Å². The maximum Gasteiger partial charge on any atom is 0.268 e. The number of anilines is 1. The number of thiophene rings is 1. The van der Waals surface area contributed by atoms with Crippen LogP contribution in [0.3, 0.4) is 0 Å². The molecule has 8 nitrogen and oxygen atoms in total. The Hall–Kier alpha value is -3.72. The molecule has 0 saturated carbocycles. The average Bonchev–Trinajstić information content (AvgIpc) is 3.56. The number of aromatic nitrogens is 3. The summed E-state index contributed by atoms with van der Waals surface area (Å²) in [7, 11) is 0. The number of rotatable bonds is 5. The molecule has 0 aliphatic carbocycles. The van der Waals surface area contributed by atoms with E-state index >= 15 is 0 Å². The van der Waals surface area contributed by atoms with E-state index in [1.54, 1.807) is 12.3 Å². The molecule has 2 amide bonds. The van der Waals surface area contributed by atoms with E-state index in [4.69, 9.17) is 9.40 Å². The van der Waals surface area contributed by atoms with Gasteiger partial charge in [-0.3, -0.25) is 14.9 Å². The van der Waals surface area contributed by atoms with Gasteiger partial charge in [0.05, 0.1) is 27.0 Å². The van der Waals surface area contributed by atoms with Gasteiger partial charge in [-0.15, -0.1) is 11.3 Å². The minimum Gasteiger partial charge on any atom is -0.443 e. The van der Waals surface area contributed by atoms with Crippen LogP contribution in [0.25, 0.3) is 21.7 Å². The summed E-state index contributed by atoms with van der Waals surface area (Å²) in [4.78, 5) is 37.1. The smallest absolute Gasteiger partial charge is 0.268 e. The van der Waals surface area contributed by atoms with E-state index in [0.717, 1.165) is 35.2 Å². The van der Waals surface area contributed by atoms with E-state index in [0.29, 0.717) is 29.7 Å². The standard InChI is InChI=1S/C24H23N5O3S/c1-2-22(30)28-12-5-6-16(11-13-28)29-18-8-4-3-7-17(18)26-24(29)27-23(31)21-10-9-20(33-21)19-14-25-15-32-19/h2-4,7-10,14-16H,1,5-6,11-13H2,(H,26,27,31)/t16-/m1/s1. The number of imidazole rings is 1. The normalized spacial score (nSPS) is 16.5. The number of carbonyl (C=O) groups excluding carboxylic acids is 2. The Morgan fingerprint density at radius 2 is 2.06 bits per heavy atom.